The quantitative estimate of drug-likeness (QED) is 0.897. The predicted octanol–water partition coefficient (Wildman–Crippen LogP) is 2.58. The molecule has 0 amide bonds. The number of rotatable bonds is 4. The van der Waals surface area contributed by atoms with Gasteiger partial charge in [0, 0.05) is 29.6 Å². The van der Waals surface area contributed by atoms with Gasteiger partial charge < -0.3 is 10.6 Å². The van der Waals surface area contributed by atoms with Gasteiger partial charge in [-0.1, -0.05) is 13.3 Å². The van der Waals surface area contributed by atoms with E-state index in [4.69, 9.17) is 5.73 Å². The monoisotopic (exact) mass is 253 g/mol. The van der Waals surface area contributed by atoms with Crippen molar-refractivity contribution >= 4 is 11.3 Å². The Kier molecular flexibility index (Phi) is 4.54. The molecule has 1 saturated heterocycles. The fourth-order valence-electron chi connectivity index (χ4n) is 2.54. The molecule has 1 aromatic rings. The van der Waals surface area contributed by atoms with E-state index < -0.39 is 0 Å². The van der Waals surface area contributed by atoms with Crippen molar-refractivity contribution < 1.29 is 0 Å². The van der Waals surface area contributed by atoms with Crippen molar-refractivity contribution in [3.63, 3.8) is 0 Å². The molecule has 0 bridgehead atoms. The summed E-state index contributed by atoms with van der Waals surface area (Å²) < 4.78 is 0. The van der Waals surface area contributed by atoms with E-state index in [9.17, 15) is 0 Å². The lowest BCUT2D eigenvalue weighted by Crippen LogP contribution is -2.40. The first-order valence-corrected chi connectivity index (χ1v) is 7.46. The molecule has 2 N–H and O–H groups in total. The molecular weight excluding hydrogens is 230 g/mol. The third-order valence-electron chi connectivity index (χ3n) is 3.59. The summed E-state index contributed by atoms with van der Waals surface area (Å²) in [6, 6.07) is 0.815. The van der Waals surface area contributed by atoms with Crippen LogP contribution in [0.1, 0.15) is 49.0 Å². The summed E-state index contributed by atoms with van der Waals surface area (Å²) in [4.78, 5) is 8.31. The molecule has 4 heteroatoms. The van der Waals surface area contributed by atoms with Crippen LogP contribution >= 0.6 is 11.3 Å². The third kappa shape index (κ3) is 3.27. The van der Waals surface area contributed by atoms with E-state index in [1.807, 2.05) is 13.1 Å². The van der Waals surface area contributed by atoms with Crippen molar-refractivity contribution in [2.45, 2.75) is 51.6 Å². The van der Waals surface area contributed by atoms with Gasteiger partial charge in [0.1, 0.15) is 0 Å². The molecule has 1 aliphatic rings. The predicted molar refractivity (Wildman–Crippen MR) is 73.3 cm³/mol. The highest BCUT2D eigenvalue weighted by Gasteiger charge is 2.22. The second kappa shape index (κ2) is 5.94. The van der Waals surface area contributed by atoms with E-state index in [0.717, 1.165) is 13.0 Å². The second-order valence-corrected chi connectivity index (χ2v) is 6.07. The molecule has 2 heterocycles. The van der Waals surface area contributed by atoms with Crippen LogP contribution in [-0.4, -0.2) is 29.0 Å². The topological polar surface area (TPSA) is 42.2 Å². The summed E-state index contributed by atoms with van der Waals surface area (Å²) in [6.45, 7) is 6.70. The summed E-state index contributed by atoms with van der Waals surface area (Å²) in [5.74, 6) is 0. The molecule has 17 heavy (non-hydrogen) atoms. The zero-order chi connectivity index (χ0) is 12.3. The Morgan fingerprint density at radius 2 is 2.41 bits per heavy atom. The zero-order valence-corrected chi connectivity index (χ0v) is 11.7. The molecule has 2 unspecified atom stereocenters. The van der Waals surface area contributed by atoms with Gasteiger partial charge in [-0.15, -0.1) is 11.3 Å². The van der Waals surface area contributed by atoms with Gasteiger partial charge in [-0.05, 0) is 32.9 Å². The lowest BCUT2D eigenvalue weighted by molar-refractivity contribution is 0.155. The first-order chi connectivity index (χ1) is 8.20. The van der Waals surface area contributed by atoms with Crippen LogP contribution in [0.4, 0.5) is 0 Å². The molecule has 0 radical (unpaired) electrons. The smallest absolute Gasteiger partial charge is 0.0943 e. The SMILES string of the molecule is CCN1CCCCC1Cc1ncc(C(C)N)s1. The molecule has 0 aliphatic carbocycles. The largest absolute Gasteiger partial charge is 0.323 e. The number of hydrogen-bond donors (Lipinski definition) is 1. The maximum Gasteiger partial charge on any atom is 0.0943 e. The van der Waals surface area contributed by atoms with Crippen molar-refractivity contribution in [1.82, 2.24) is 9.88 Å². The van der Waals surface area contributed by atoms with Crippen molar-refractivity contribution in [2.24, 2.45) is 5.73 Å². The van der Waals surface area contributed by atoms with Crippen LogP contribution in [-0.2, 0) is 6.42 Å². The number of likely N-dealkylation sites (tertiary alicyclic amines) is 1. The van der Waals surface area contributed by atoms with Crippen LogP contribution in [0.2, 0.25) is 0 Å². The van der Waals surface area contributed by atoms with Gasteiger partial charge in [-0.3, -0.25) is 0 Å². The molecule has 2 rings (SSSR count). The van der Waals surface area contributed by atoms with Gasteiger partial charge in [0.2, 0.25) is 0 Å². The highest BCUT2D eigenvalue weighted by Crippen LogP contribution is 2.24. The highest BCUT2D eigenvalue weighted by atomic mass is 32.1. The van der Waals surface area contributed by atoms with Gasteiger partial charge in [-0.2, -0.15) is 0 Å². The third-order valence-corrected chi connectivity index (χ3v) is 4.81. The van der Waals surface area contributed by atoms with Gasteiger partial charge in [0.05, 0.1) is 5.01 Å². The Hall–Kier alpha value is -0.450. The minimum absolute atomic E-state index is 0.120. The van der Waals surface area contributed by atoms with Crippen LogP contribution in [0.3, 0.4) is 0 Å². The molecule has 0 aromatic carbocycles. The number of likely N-dealkylation sites (N-methyl/N-ethyl adjacent to an activating group) is 1. The lowest BCUT2D eigenvalue weighted by atomic mass is 10.00. The summed E-state index contributed by atoms with van der Waals surface area (Å²) >= 11 is 1.78. The Morgan fingerprint density at radius 1 is 1.59 bits per heavy atom. The first-order valence-electron chi connectivity index (χ1n) is 6.65. The average Bonchev–Trinajstić information content (AvgIpc) is 2.78. The summed E-state index contributed by atoms with van der Waals surface area (Å²) in [7, 11) is 0. The molecule has 3 nitrogen and oxygen atoms in total. The van der Waals surface area contributed by atoms with Crippen molar-refractivity contribution in [2.75, 3.05) is 13.1 Å². The van der Waals surface area contributed by atoms with Crippen LogP contribution < -0.4 is 5.73 Å². The maximum atomic E-state index is 5.87. The molecule has 96 valence electrons. The number of thiazole rings is 1. The molecule has 0 spiro atoms. The maximum absolute atomic E-state index is 5.87. The van der Waals surface area contributed by atoms with E-state index in [1.54, 1.807) is 11.3 Å². The van der Waals surface area contributed by atoms with E-state index in [0.29, 0.717) is 6.04 Å². The summed E-state index contributed by atoms with van der Waals surface area (Å²) in [5, 5.41) is 1.25. The summed E-state index contributed by atoms with van der Waals surface area (Å²) in [6.07, 6.45) is 7.09. The number of hydrogen-bond acceptors (Lipinski definition) is 4. The van der Waals surface area contributed by atoms with Crippen LogP contribution in [0, 0.1) is 0 Å². The van der Waals surface area contributed by atoms with Crippen LogP contribution in [0.15, 0.2) is 6.20 Å². The normalized spacial score (nSPS) is 23.8. The number of piperidine rings is 1. The van der Waals surface area contributed by atoms with Crippen LogP contribution in [0.5, 0.6) is 0 Å². The first kappa shape index (κ1) is 13.0. The number of aromatic nitrogens is 1. The number of nitrogens with zero attached hydrogens (tertiary/aromatic N) is 2. The Balaban J connectivity index is 1.98. The van der Waals surface area contributed by atoms with Gasteiger partial charge in [0.25, 0.3) is 0 Å². The standard InChI is InChI=1S/C13H23N3S/c1-3-16-7-5-4-6-11(16)8-13-15-9-12(17-13)10(2)14/h9-11H,3-8,14H2,1-2H3. The average molecular weight is 253 g/mol. The molecular formula is C13H23N3S. The minimum Gasteiger partial charge on any atom is -0.323 e. The highest BCUT2D eigenvalue weighted by molar-refractivity contribution is 7.11. The fourth-order valence-corrected chi connectivity index (χ4v) is 3.48. The zero-order valence-electron chi connectivity index (χ0n) is 10.9. The Bertz CT molecular complexity index is 348. The van der Waals surface area contributed by atoms with Gasteiger partial charge in [-0.25, -0.2) is 4.98 Å². The summed E-state index contributed by atoms with van der Waals surface area (Å²) in [5.41, 5.74) is 5.87. The fraction of sp³-hybridized carbons (Fsp3) is 0.769. The molecule has 2 atom stereocenters. The number of nitrogens with two attached hydrogens (primary N) is 1. The van der Waals surface area contributed by atoms with Crippen molar-refractivity contribution in [3.05, 3.63) is 16.1 Å². The van der Waals surface area contributed by atoms with Crippen molar-refractivity contribution in [3.8, 4) is 0 Å². The van der Waals surface area contributed by atoms with E-state index in [1.165, 1.54) is 35.7 Å². The lowest BCUT2D eigenvalue weighted by Gasteiger charge is -2.34. The second-order valence-electron chi connectivity index (χ2n) is 4.93. The molecule has 1 aromatic heterocycles. The van der Waals surface area contributed by atoms with Crippen LogP contribution in [0.25, 0.3) is 0 Å². The molecule has 1 fully saturated rings. The van der Waals surface area contributed by atoms with E-state index >= 15 is 0 Å². The van der Waals surface area contributed by atoms with Gasteiger partial charge in [0.15, 0.2) is 0 Å². The minimum atomic E-state index is 0.120. The van der Waals surface area contributed by atoms with E-state index in [-0.39, 0.29) is 6.04 Å². The molecule has 1 aliphatic heterocycles. The van der Waals surface area contributed by atoms with Gasteiger partial charge >= 0.3 is 0 Å². The Morgan fingerprint density at radius 3 is 3.06 bits per heavy atom. The Labute approximate surface area is 108 Å². The van der Waals surface area contributed by atoms with E-state index in [2.05, 4.69) is 16.8 Å². The molecule has 0 saturated carbocycles. The van der Waals surface area contributed by atoms with Crippen molar-refractivity contribution in [1.29, 1.82) is 0 Å².